The third kappa shape index (κ3) is 4.07. The lowest BCUT2D eigenvalue weighted by atomic mass is 10.0. The molecule has 0 bridgehead atoms. The number of nitrogens with zero attached hydrogens (tertiary/aromatic N) is 2. The average Bonchev–Trinajstić information content (AvgIpc) is 2.52. The van der Waals surface area contributed by atoms with Gasteiger partial charge in [-0.25, -0.2) is 0 Å². The van der Waals surface area contributed by atoms with Gasteiger partial charge in [-0.15, -0.1) is 0 Å². The molecule has 0 aliphatic carbocycles. The van der Waals surface area contributed by atoms with Crippen molar-refractivity contribution in [2.45, 2.75) is 45.5 Å². The molecule has 0 radical (unpaired) electrons. The van der Waals surface area contributed by atoms with Gasteiger partial charge < -0.3 is 4.43 Å². The summed E-state index contributed by atoms with van der Waals surface area (Å²) in [7, 11) is -1.75. The first-order chi connectivity index (χ1) is 10.7. The minimum Gasteiger partial charge on any atom is -0.413 e. The molecule has 0 unspecified atom stereocenters. The Morgan fingerprint density at radius 1 is 1.13 bits per heavy atom. The number of benzene rings is 1. The van der Waals surface area contributed by atoms with Crippen molar-refractivity contribution in [3.8, 4) is 17.3 Å². The van der Waals surface area contributed by atoms with Crippen molar-refractivity contribution in [1.82, 2.24) is 4.98 Å². The average molecular weight is 325 g/mol. The molecule has 0 amide bonds. The zero-order valence-electron chi connectivity index (χ0n) is 14.6. The van der Waals surface area contributed by atoms with Crippen LogP contribution in [0.2, 0.25) is 18.1 Å². The fourth-order valence-corrected chi connectivity index (χ4v) is 2.91. The normalized spacial score (nSPS) is 12.0. The van der Waals surface area contributed by atoms with Gasteiger partial charge in [0.05, 0.1) is 23.9 Å². The highest BCUT2D eigenvalue weighted by Crippen LogP contribution is 2.37. The first-order valence-electron chi connectivity index (χ1n) is 7.83. The second kappa shape index (κ2) is 6.65. The second-order valence-electron chi connectivity index (χ2n) is 7.26. The number of hydrogen-bond donors (Lipinski definition) is 0. The molecular formula is C19H24N2OSi. The van der Waals surface area contributed by atoms with Crippen LogP contribution in [0.15, 0.2) is 42.6 Å². The zero-order valence-corrected chi connectivity index (χ0v) is 15.6. The Morgan fingerprint density at radius 2 is 1.83 bits per heavy atom. The molecule has 0 aliphatic rings. The lowest BCUT2D eigenvalue weighted by Crippen LogP contribution is -2.40. The Labute approximate surface area is 140 Å². The lowest BCUT2D eigenvalue weighted by molar-refractivity contribution is 0.276. The van der Waals surface area contributed by atoms with Gasteiger partial charge in [-0.3, -0.25) is 4.98 Å². The Hall–Kier alpha value is -1.96. The standard InChI is InChI=1S/C19H24N2OSi/c1-19(2,3)23(4,5)22-14-15-10-11-18(21-13-15)17-9-7-6-8-16(17)12-20/h6-11,13H,14H2,1-5H3. The van der Waals surface area contributed by atoms with Crippen LogP contribution in [-0.2, 0) is 11.0 Å². The summed E-state index contributed by atoms with van der Waals surface area (Å²) < 4.78 is 6.22. The number of nitriles is 1. The third-order valence-electron chi connectivity index (χ3n) is 4.55. The first kappa shape index (κ1) is 17.4. The van der Waals surface area contributed by atoms with Crippen LogP contribution >= 0.6 is 0 Å². The van der Waals surface area contributed by atoms with Gasteiger partial charge in [-0.05, 0) is 35.8 Å². The van der Waals surface area contributed by atoms with E-state index in [2.05, 4.69) is 44.9 Å². The quantitative estimate of drug-likeness (QED) is 0.731. The van der Waals surface area contributed by atoms with Gasteiger partial charge in [0.15, 0.2) is 8.32 Å². The molecule has 2 aromatic rings. The maximum Gasteiger partial charge on any atom is 0.192 e. The van der Waals surface area contributed by atoms with Crippen molar-refractivity contribution in [2.24, 2.45) is 0 Å². The fraction of sp³-hybridized carbons (Fsp3) is 0.368. The summed E-state index contributed by atoms with van der Waals surface area (Å²) >= 11 is 0. The predicted molar refractivity (Wildman–Crippen MR) is 96.4 cm³/mol. The van der Waals surface area contributed by atoms with Crippen LogP contribution in [0.1, 0.15) is 31.9 Å². The van der Waals surface area contributed by atoms with Gasteiger partial charge in [0.2, 0.25) is 0 Å². The maximum absolute atomic E-state index is 9.19. The van der Waals surface area contributed by atoms with Gasteiger partial charge in [-0.1, -0.05) is 45.0 Å². The molecule has 0 saturated heterocycles. The van der Waals surface area contributed by atoms with Crippen molar-refractivity contribution in [1.29, 1.82) is 5.26 Å². The minimum absolute atomic E-state index is 0.201. The van der Waals surface area contributed by atoms with Crippen LogP contribution in [0, 0.1) is 11.3 Å². The SMILES string of the molecule is CC(C)(C)[Si](C)(C)OCc1ccc(-c2ccccc2C#N)nc1. The molecule has 120 valence electrons. The molecule has 0 saturated carbocycles. The summed E-state index contributed by atoms with van der Waals surface area (Å²) in [6, 6.07) is 13.7. The van der Waals surface area contributed by atoms with Crippen LogP contribution in [0.5, 0.6) is 0 Å². The van der Waals surface area contributed by atoms with Crippen LogP contribution in [0.25, 0.3) is 11.3 Å². The summed E-state index contributed by atoms with van der Waals surface area (Å²) in [6.07, 6.45) is 1.84. The summed E-state index contributed by atoms with van der Waals surface area (Å²) in [5.41, 5.74) is 3.39. The molecule has 1 aromatic carbocycles. The van der Waals surface area contributed by atoms with Gasteiger partial charge in [0.1, 0.15) is 0 Å². The van der Waals surface area contributed by atoms with E-state index in [-0.39, 0.29) is 5.04 Å². The molecule has 0 N–H and O–H groups in total. The van der Waals surface area contributed by atoms with E-state index >= 15 is 0 Å². The van der Waals surface area contributed by atoms with E-state index in [4.69, 9.17) is 4.43 Å². The van der Waals surface area contributed by atoms with Crippen molar-refractivity contribution in [3.05, 3.63) is 53.7 Å². The fourth-order valence-electron chi connectivity index (χ4n) is 1.95. The largest absolute Gasteiger partial charge is 0.413 e. The highest BCUT2D eigenvalue weighted by Gasteiger charge is 2.36. The molecule has 4 heteroatoms. The summed E-state index contributed by atoms with van der Waals surface area (Å²) in [6.45, 7) is 11.8. The van der Waals surface area contributed by atoms with Gasteiger partial charge in [0.25, 0.3) is 0 Å². The van der Waals surface area contributed by atoms with Gasteiger partial charge in [-0.2, -0.15) is 5.26 Å². The third-order valence-corrected chi connectivity index (χ3v) is 9.03. The van der Waals surface area contributed by atoms with E-state index in [9.17, 15) is 5.26 Å². The lowest BCUT2D eigenvalue weighted by Gasteiger charge is -2.36. The first-order valence-corrected chi connectivity index (χ1v) is 10.7. The van der Waals surface area contributed by atoms with Crippen molar-refractivity contribution >= 4 is 8.32 Å². The molecule has 23 heavy (non-hydrogen) atoms. The van der Waals surface area contributed by atoms with E-state index in [0.29, 0.717) is 12.2 Å². The van der Waals surface area contributed by atoms with Crippen LogP contribution in [0.4, 0.5) is 0 Å². The van der Waals surface area contributed by atoms with Crippen molar-refractivity contribution in [2.75, 3.05) is 0 Å². The smallest absolute Gasteiger partial charge is 0.192 e. The molecule has 0 atom stereocenters. The highest BCUT2D eigenvalue weighted by molar-refractivity contribution is 6.74. The molecular weight excluding hydrogens is 300 g/mol. The Morgan fingerprint density at radius 3 is 2.39 bits per heavy atom. The van der Waals surface area contributed by atoms with E-state index in [1.54, 1.807) is 0 Å². The van der Waals surface area contributed by atoms with E-state index in [1.165, 1.54) is 0 Å². The maximum atomic E-state index is 9.19. The predicted octanol–water partition coefficient (Wildman–Crippen LogP) is 5.14. The van der Waals surface area contributed by atoms with Crippen LogP contribution in [0.3, 0.4) is 0 Å². The molecule has 0 spiro atoms. The molecule has 0 aliphatic heterocycles. The van der Waals surface area contributed by atoms with Gasteiger partial charge in [0, 0.05) is 11.8 Å². The molecule has 2 rings (SSSR count). The van der Waals surface area contributed by atoms with Crippen molar-refractivity contribution < 1.29 is 4.43 Å². The van der Waals surface area contributed by atoms with Gasteiger partial charge >= 0.3 is 0 Å². The van der Waals surface area contributed by atoms with Crippen LogP contribution < -0.4 is 0 Å². The molecule has 1 heterocycles. The van der Waals surface area contributed by atoms with E-state index in [0.717, 1.165) is 16.8 Å². The number of aromatic nitrogens is 1. The Bertz CT molecular complexity index is 709. The molecule has 0 fully saturated rings. The number of hydrogen-bond acceptors (Lipinski definition) is 3. The van der Waals surface area contributed by atoms with E-state index in [1.807, 2.05) is 42.6 Å². The molecule has 3 nitrogen and oxygen atoms in total. The second-order valence-corrected chi connectivity index (χ2v) is 12.1. The summed E-state index contributed by atoms with van der Waals surface area (Å²) in [5.74, 6) is 0. The number of pyridine rings is 1. The topological polar surface area (TPSA) is 45.9 Å². The highest BCUT2D eigenvalue weighted by atomic mass is 28.4. The zero-order chi connectivity index (χ0) is 17.1. The minimum atomic E-state index is -1.75. The Balaban J connectivity index is 2.13. The summed E-state index contributed by atoms with van der Waals surface area (Å²) in [5, 5.41) is 9.39. The van der Waals surface area contributed by atoms with Crippen molar-refractivity contribution in [3.63, 3.8) is 0 Å². The monoisotopic (exact) mass is 324 g/mol. The Kier molecular flexibility index (Phi) is 5.03. The summed E-state index contributed by atoms with van der Waals surface area (Å²) in [4.78, 5) is 4.50. The van der Waals surface area contributed by atoms with Crippen LogP contribution in [-0.4, -0.2) is 13.3 Å². The molecule has 1 aromatic heterocycles. The number of rotatable bonds is 4. The van der Waals surface area contributed by atoms with E-state index < -0.39 is 8.32 Å².